The Labute approximate surface area is 113 Å². The van der Waals surface area contributed by atoms with Gasteiger partial charge in [-0.15, -0.1) is 0 Å². The Kier molecular flexibility index (Phi) is 3.92. The number of carbonyl (C=O) groups is 1. The average Bonchev–Trinajstić information content (AvgIpc) is 2.79. The van der Waals surface area contributed by atoms with Crippen molar-refractivity contribution in [2.45, 2.75) is 18.2 Å². The van der Waals surface area contributed by atoms with Crippen LogP contribution in [-0.2, 0) is 17.6 Å². The first-order valence-corrected chi connectivity index (χ1v) is 7.38. The Morgan fingerprint density at radius 2 is 1.89 bits per heavy atom. The number of aryl methyl sites for hydroxylation is 1. The van der Waals surface area contributed by atoms with E-state index in [1.54, 1.807) is 30.5 Å². The number of benzene rings is 1. The number of aromatic amines is 2. The van der Waals surface area contributed by atoms with Crippen molar-refractivity contribution < 1.29 is 9.35 Å². The van der Waals surface area contributed by atoms with Crippen LogP contribution in [0.1, 0.15) is 28.7 Å². The minimum Gasteiger partial charge on any atom is -0.612 e. The molecule has 1 atom stereocenters. The molecule has 100 valence electrons. The lowest BCUT2D eigenvalue weighted by atomic mass is 10.1. The molecule has 0 amide bonds. The van der Waals surface area contributed by atoms with Crippen LogP contribution in [0.15, 0.2) is 34.0 Å². The number of hydrogen-bond acceptors (Lipinski definition) is 3. The fourth-order valence-electron chi connectivity index (χ4n) is 1.82. The minimum atomic E-state index is -1.07. The summed E-state index contributed by atoms with van der Waals surface area (Å²) in [7, 11) is 0. The van der Waals surface area contributed by atoms with Gasteiger partial charge in [-0.1, -0.05) is 6.92 Å². The Hall–Kier alpha value is -1.79. The predicted molar refractivity (Wildman–Crippen MR) is 73.0 cm³/mol. The van der Waals surface area contributed by atoms with Crippen LogP contribution in [0.25, 0.3) is 0 Å². The number of carbonyl (C=O) groups excluding carboxylic acids is 1. The zero-order valence-electron chi connectivity index (χ0n) is 10.6. The summed E-state index contributed by atoms with van der Waals surface area (Å²) >= 11 is -1.07. The third kappa shape index (κ3) is 2.80. The van der Waals surface area contributed by atoms with E-state index >= 15 is 0 Å². The monoisotopic (exact) mass is 278 g/mol. The van der Waals surface area contributed by atoms with E-state index in [0.717, 1.165) is 0 Å². The number of aromatic nitrogens is 2. The maximum atomic E-state index is 12.3. The summed E-state index contributed by atoms with van der Waals surface area (Å²) in [5, 5.41) is 0. The van der Waals surface area contributed by atoms with Crippen molar-refractivity contribution in [3.05, 3.63) is 51.7 Å². The largest absolute Gasteiger partial charge is 0.612 e. The fraction of sp³-hybridized carbons (Fsp3) is 0.231. The molecule has 0 aliphatic rings. The van der Waals surface area contributed by atoms with Crippen molar-refractivity contribution in [2.24, 2.45) is 0 Å². The second kappa shape index (κ2) is 5.46. The van der Waals surface area contributed by atoms with Crippen molar-refractivity contribution in [2.75, 3.05) is 6.26 Å². The van der Waals surface area contributed by atoms with Crippen LogP contribution in [0.3, 0.4) is 0 Å². The van der Waals surface area contributed by atoms with Crippen LogP contribution < -0.4 is 5.69 Å². The first kappa shape index (κ1) is 13.6. The van der Waals surface area contributed by atoms with Gasteiger partial charge in [-0.3, -0.25) is 4.79 Å². The summed E-state index contributed by atoms with van der Waals surface area (Å²) in [6.45, 7) is 1.86. The van der Waals surface area contributed by atoms with Crippen LogP contribution in [0.5, 0.6) is 0 Å². The van der Waals surface area contributed by atoms with Crippen molar-refractivity contribution >= 4 is 17.0 Å². The Bertz CT molecular complexity index is 641. The van der Waals surface area contributed by atoms with E-state index in [0.29, 0.717) is 22.6 Å². The molecule has 1 unspecified atom stereocenters. The molecule has 2 rings (SSSR count). The minimum absolute atomic E-state index is 0.247. The van der Waals surface area contributed by atoms with E-state index in [2.05, 4.69) is 9.97 Å². The highest BCUT2D eigenvalue weighted by molar-refractivity contribution is 7.90. The average molecular weight is 278 g/mol. The van der Waals surface area contributed by atoms with Gasteiger partial charge < -0.3 is 14.5 Å². The molecule has 1 heterocycles. The molecule has 1 aromatic carbocycles. The lowest BCUT2D eigenvalue weighted by Crippen LogP contribution is -2.07. The van der Waals surface area contributed by atoms with Crippen LogP contribution in [0, 0.1) is 0 Å². The molecule has 0 aliphatic carbocycles. The maximum Gasteiger partial charge on any atom is 0.323 e. The molecule has 0 saturated heterocycles. The van der Waals surface area contributed by atoms with Crippen molar-refractivity contribution in [3.8, 4) is 0 Å². The molecule has 2 aromatic rings. The van der Waals surface area contributed by atoms with Gasteiger partial charge in [0.05, 0.1) is 0 Å². The van der Waals surface area contributed by atoms with Gasteiger partial charge in [0.25, 0.3) is 0 Å². The second-order valence-corrected chi connectivity index (χ2v) is 5.47. The lowest BCUT2D eigenvalue weighted by molar-refractivity contribution is 0.103. The molecule has 2 N–H and O–H groups in total. The van der Waals surface area contributed by atoms with Crippen LogP contribution in [-0.4, -0.2) is 26.6 Å². The van der Waals surface area contributed by atoms with E-state index in [1.807, 2.05) is 6.92 Å². The molecular formula is C13H14N2O3S. The summed E-state index contributed by atoms with van der Waals surface area (Å²) in [5.74, 6) is -0.247. The Morgan fingerprint density at radius 3 is 2.42 bits per heavy atom. The van der Waals surface area contributed by atoms with Gasteiger partial charge >= 0.3 is 5.69 Å². The van der Waals surface area contributed by atoms with Crippen molar-refractivity contribution in [3.63, 3.8) is 0 Å². The number of ketones is 1. The van der Waals surface area contributed by atoms with E-state index in [1.165, 1.54) is 0 Å². The zero-order valence-corrected chi connectivity index (χ0v) is 11.5. The Morgan fingerprint density at radius 1 is 1.26 bits per heavy atom. The van der Waals surface area contributed by atoms with Gasteiger partial charge in [0, 0.05) is 11.3 Å². The molecule has 0 aliphatic heterocycles. The van der Waals surface area contributed by atoms with E-state index in [9.17, 15) is 14.1 Å². The summed E-state index contributed by atoms with van der Waals surface area (Å²) in [4.78, 5) is 29.3. The number of H-pyrrole nitrogens is 2. The maximum absolute atomic E-state index is 12.3. The highest BCUT2D eigenvalue weighted by Gasteiger charge is 2.16. The van der Waals surface area contributed by atoms with Gasteiger partial charge in [-0.05, 0) is 41.9 Å². The van der Waals surface area contributed by atoms with Gasteiger partial charge in [0.1, 0.15) is 11.9 Å². The smallest absolute Gasteiger partial charge is 0.323 e. The summed E-state index contributed by atoms with van der Waals surface area (Å²) in [6, 6.07) is 6.53. The normalized spacial score (nSPS) is 12.4. The van der Waals surface area contributed by atoms with Crippen molar-refractivity contribution in [1.82, 2.24) is 9.97 Å². The molecule has 0 bridgehead atoms. The highest BCUT2D eigenvalue weighted by atomic mass is 32.2. The predicted octanol–water partition coefficient (Wildman–Crippen LogP) is 1.23. The highest BCUT2D eigenvalue weighted by Crippen LogP contribution is 2.14. The molecule has 0 fully saturated rings. The first-order chi connectivity index (χ1) is 9.02. The van der Waals surface area contributed by atoms with E-state index in [-0.39, 0.29) is 17.2 Å². The molecule has 0 radical (unpaired) electrons. The molecule has 5 nitrogen and oxygen atoms in total. The van der Waals surface area contributed by atoms with Gasteiger partial charge in [-0.2, -0.15) is 0 Å². The Balaban J connectivity index is 2.35. The van der Waals surface area contributed by atoms with Gasteiger partial charge in [0.2, 0.25) is 5.78 Å². The third-order valence-corrected chi connectivity index (χ3v) is 3.77. The van der Waals surface area contributed by atoms with E-state index in [4.69, 9.17) is 0 Å². The lowest BCUT2D eigenvalue weighted by Gasteiger charge is -2.05. The third-order valence-electron chi connectivity index (χ3n) is 2.83. The van der Waals surface area contributed by atoms with Gasteiger partial charge in [-0.25, -0.2) is 4.79 Å². The molecule has 0 saturated carbocycles. The molecule has 1 aromatic heterocycles. The van der Waals surface area contributed by atoms with Crippen LogP contribution >= 0.6 is 0 Å². The summed E-state index contributed by atoms with van der Waals surface area (Å²) in [6.07, 6.45) is 2.15. The standard InChI is InChI=1S/C13H14N2O3S/c1-3-10-11(15-13(17)14-10)12(16)8-4-6-9(7-5-8)19(2)18/h4-7H,3H2,1-2H3,(H2,14,15,17). The van der Waals surface area contributed by atoms with E-state index < -0.39 is 11.2 Å². The van der Waals surface area contributed by atoms with Gasteiger partial charge in [0.15, 0.2) is 4.90 Å². The number of rotatable bonds is 4. The molecule has 19 heavy (non-hydrogen) atoms. The second-order valence-electron chi connectivity index (χ2n) is 4.09. The molecule has 0 spiro atoms. The number of hydrogen-bond donors (Lipinski definition) is 2. The summed E-state index contributed by atoms with van der Waals surface area (Å²) in [5.41, 5.74) is 0.960. The topological polar surface area (TPSA) is 88.8 Å². The first-order valence-electron chi connectivity index (χ1n) is 5.82. The van der Waals surface area contributed by atoms with Crippen LogP contribution in [0.2, 0.25) is 0 Å². The van der Waals surface area contributed by atoms with Crippen LogP contribution in [0.4, 0.5) is 0 Å². The molecule has 6 heteroatoms. The fourth-order valence-corrected chi connectivity index (χ4v) is 2.34. The van der Waals surface area contributed by atoms with Crippen molar-refractivity contribution in [1.29, 1.82) is 0 Å². The molecular weight excluding hydrogens is 264 g/mol. The number of imidazole rings is 1. The SMILES string of the molecule is CCc1[nH]c(=O)[nH]c1C(=O)c1ccc([S+](C)[O-])cc1. The summed E-state index contributed by atoms with van der Waals surface area (Å²) < 4.78 is 11.3. The quantitative estimate of drug-likeness (QED) is 0.651. The zero-order chi connectivity index (χ0) is 14.0. The number of nitrogens with one attached hydrogen (secondary N) is 2.